The quantitative estimate of drug-likeness (QED) is 0.141. The minimum Gasteiger partial charge on any atom is -0.353 e. The Kier molecular flexibility index (Phi) is 27.6. The van der Waals surface area contributed by atoms with Crippen molar-refractivity contribution in [2.45, 2.75) is 140 Å². The van der Waals surface area contributed by atoms with Gasteiger partial charge in [0.05, 0.1) is 92.0 Å². The number of rotatable bonds is 7. The summed E-state index contributed by atoms with van der Waals surface area (Å²) in [5.74, 6) is -1.08. The highest BCUT2D eigenvalue weighted by Gasteiger charge is 2.41. The van der Waals surface area contributed by atoms with Gasteiger partial charge in [-0.3, -0.25) is 9.97 Å². The Balaban J connectivity index is 0.000000120. The maximum absolute atomic E-state index is 14.3. The molecule has 0 radical (unpaired) electrons. The fourth-order valence-corrected chi connectivity index (χ4v) is 18.9. The molecule has 0 saturated carbocycles. The fourth-order valence-electron chi connectivity index (χ4n) is 18.9. The Hall–Kier alpha value is -14.7. The fraction of sp³-hybridized carbons (Fsp3) is 0.262. The summed E-state index contributed by atoms with van der Waals surface area (Å²) in [4.78, 5) is 51.0. The minimum absolute atomic E-state index is 0.0222. The van der Waals surface area contributed by atoms with Crippen molar-refractivity contribution < 1.29 is 39.5 Å². The molecule has 0 bridgehead atoms. The lowest BCUT2D eigenvalue weighted by atomic mass is 10.1. The predicted molar refractivity (Wildman–Crippen MR) is 532 cm³/mol. The minimum atomic E-state index is -0.560. The van der Waals surface area contributed by atoms with E-state index in [2.05, 4.69) is 160 Å². The molecule has 12 heterocycles. The van der Waals surface area contributed by atoms with E-state index in [4.69, 9.17) is 0 Å². The monoisotopic (exact) mass is 1830 g/mol. The van der Waals surface area contributed by atoms with Crippen LogP contribution in [-0.2, 0) is 0 Å². The van der Waals surface area contributed by atoms with E-state index in [1.807, 2.05) is 211 Å². The molecular weight excluding hydrogens is 1720 g/mol. The molecule has 0 unspecified atom stereocenters. The summed E-state index contributed by atoms with van der Waals surface area (Å²) in [6.07, 6.45) is 13.1. The van der Waals surface area contributed by atoms with Gasteiger partial charge in [-0.15, -0.1) is 0 Å². The molecular formula is C107H112F9N19. The van der Waals surface area contributed by atoms with Gasteiger partial charge in [0.1, 0.15) is 95.5 Å². The molecule has 19 nitrogen and oxygen atoms in total. The highest BCUT2D eigenvalue weighted by Crippen LogP contribution is 2.52. The van der Waals surface area contributed by atoms with Crippen LogP contribution in [0.25, 0.3) is 0 Å². The van der Waals surface area contributed by atoms with Crippen LogP contribution in [0, 0.1) is 101 Å². The van der Waals surface area contributed by atoms with Crippen molar-refractivity contribution in [2.24, 2.45) is 0 Å². The highest BCUT2D eigenvalue weighted by molar-refractivity contribution is 5.90. The molecule has 5 aromatic heterocycles. The van der Waals surface area contributed by atoms with Crippen molar-refractivity contribution in [1.29, 1.82) is 0 Å². The predicted octanol–water partition coefficient (Wildman–Crippen LogP) is 25.7. The van der Waals surface area contributed by atoms with Crippen LogP contribution in [0.5, 0.6) is 0 Å². The van der Waals surface area contributed by atoms with Crippen LogP contribution in [0.15, 0.2) is 256 Å². The number of para-hydroxylation sites is 5. The highest BCUT2D eigenvalue weighted by atomic mass is 19.2. The van der Waals surface area contributed by atoms with E-state index in [0.717, 1.165) is 115 Å². The molecule has 7 aliphatic heterocycles. The summed E-state index contributed by atoms with van der Waals surface area (Å²) in [5.41, 5.74) is 22.9. The average Bonchev–Trinajstić information content (AvgIpc) is 1.66. The maximum Gasteiger partial charge on any atom is 0.153 e. The van der Waals surface area contributed by atoms with Gasteiger partial charge in [-0.05, 0) is 288 Å². The van der Waals surface area contributed by atoms with Gasteiger partial charge in [0, 0.05) is 121 Å². The molecule has 14 aromatic rings. The molecule has 0 N–H and O–H groups in total. The second kappa shape index (κ2) is 39.2. The zero-order valence-corrected chi connectivity index (χ0v) is 79.7. The van der Waals surface area contributed by atoms with Crippen molar-refractivity contribution in [1.82, 2.24) is 24.9 Å². The number of aromatic nitrogens is 5. The van der Waals surface area contributed by atoms with Gasteiger partial charge in [0.2, 0.25) is 0 Å². The van der Waals surface area contributed by atoms with E-state index < -0.39 is 34.9 Å². The summed E-state index contributed by atoms with van der Waals surface area (Å²) in [6.45, 7) is 27.7. The Labute approximate surface area is 785 Å². The van der Waals surface area contributed by atoms with Crippen LogP contribution in [0.3, 0.4) is 0 Å². The first-order valence-electron chi connectivity index (χ1n) is 44.8. The van der Waals surface area contributed by atoms with Crippen molar-refractivity contribution in [3.63, 3.8) is 0 Å². The first kappa shape index (κ1) is 94.9. The Morgan fingerprint density at radius 2 is 0.437 bits per heavy atom. The summed E-state index contributed by atoms with van der Waals surface area (Å²) in [7, 11) is 14.1. The van der Waals surface area contributed by atoms with Gasteiger partial charge in [0.15, 0.2) is 17.5 Å². The third kappa shape index (κ3) is 18.2. The van der Waals surface area contributed by atoms with E-state index in [1.165, 1.54) is 64.7 Å². The molecule has 0 saturated heterocycles. The van der Waals surface area contributed by atoms with Crippen LogP contribution in [-0.4, -0.2) is 117 Å². The molecule has 0 aliphatic carbocycles. The number of hydrogen-bond acceptors (Lipinski definition) is 19. The zero-order valence-electron chi connectivity index (χ0n) is 79.7. The summed E-state index contributed by atoms with van der Waals surface area (Å²) in [6, 6.07) is 61.9. The summed E-state index contributed by atoms with van der Waals surface area (Å²) >= 11 is 0. The molecule has 21 rings (SSSR count). The van der Waals surface area contributed by atoms with Crippen LogP contribution in [0.2, 0.25) is 0 Å². The van der Waals surface area contributed by atoms with E-state index in [9.17, 15) is 39.5 Å². The molecule has 698 valence electrons. The summed E-state index contributed by atoms with van der Waals surface area (Å²) < 4.78 is 122. The van der Waals surface area contributed by atoms with Crippen molar-refractivity contribution in [2.75, 3.05) is 118 Å². The molecule has 28 heteroatoms. The molecule has 7 atom stereocenters. The van der Waals surface area contributed by atoms with E-state index in [-0.39, 0.29) is 60.6 Å². The number of anilines is 21. The van der Waals surface area contributed by atoms with Gasteiger partial charge in [-0.25, -0.2) is 54.5 Å². The van der Waals surface area contributed by atoms with E-state index in [0.29, 0.717) is 33.8 Å². The number of halogens is 9. The largest absolute Gasteiger partial charge is 0.353 e. The molecule has 0 fully saturated rings. The van der Waals surface area contributed by atoms with Crippen molar-refractivity contribution in [3.8, 4) is 0 Å². The molecule has 135 heavy (non-hydrogen) atoms. The first-order chi connectivity index (χ1) is 64.5. The second-order valence-corrected chi connectivity index (χ2v) is 34.8. The molecule has 7 aliphatic rings. The number of fused-ring (bicyclic) bond motifs is 7. The van der Waals surface area contributed by atoms with Gasteiger partial charge < -0.3 is 68.6 Å². The number of aryl methyl sites for hydroxylation is 7. The number of benzene rings is 9. The Morgan fingerprint density at radius 3 is 0.770 bits per heavy atom. The first-order valence-corrected chi connectivity index (χ1v) is 44.8. The Bertz CT molecular complexity index is 6080. The average molecular weight is 1840 g/mol. The SMILES string of the molecule is Cc1cc(F)cc(F)c1N1c2ccccc2N(C)[C@@H]1C.Cc1cc(F)cc(F)c1N1c2cccnc2N(C)[C@@H]1C.Cc1cc(F)cc(F)c1N1c2ccncc2N(C)[C@@H]1C.Cc1cc(F)ccc1N1c2ccccc2N(C)[C@@H]1C.Cc1cc(F)ccc1N1c2cccnc2N(C)[C@@H]1C.Cc1cc(F)ccc1N1c2ccncc2N(C)[C@@H]1C.Cc1ccccc1N1c2cccnc2N(C)[C@@H]1C. The van der Waals surface area contributed by atoms with E-state index >= 15 is 0 Å². The Morgan fingerprint density at radius 1 is 0.200 bits per heavy atom. The lowest BCUT2D eigenvalue weighted by Gasteiger charge is -2.29. The van der Waals surface area contributed by atoms with Crippen LogP contribution >= 0.6 is 0 Å². The van der Waals surface area contributed by atoms with Gasteiger partial charge in [-0.1, -0.05) is 42.5 Å². The van der Waals surface area contributed by atoms with Gasteiger partial charge in [0.25, 0.3) is 0 Å². The number of pyridine rings is 5. The maximum atomic E-state index is 14.3. The normalized spacial score (nSPS) is 17.7. The van der Waals surface area contributed by atoms with Gasteiger partial charge in [-0.2, -0.15) is 0 Å². The van der Waals surface area contributed by atoms with Crippen LogP contribution in [0.1, 0.15) is 87.4 Å². The number of nitrogens with zero attached hydrogens (tertiary/aromatic N) is 19. The molecule has 0 spiro atoms. The molecule has 9 aromatic carbocycles. The lowest BCUT2D eigenvalue weighted by Crippen LogP contribution is -2.36. The topological polar surface area (TPSA) is 110 Å². The van der Waals surface area contributed by atoms with Gasteiger partial charge >= 0.3 is 0 Å². The molecule has 0 amide bonds. The lowest BCUT2D eigenvalue weighted by molar-refractivity contribution is 0.575. The van der Waals surface area contributed by atoms with Crippen LogP contribution < -0.4 is 68.6 Å². The zero-order chi connectivity index (χ0) is 96.7. The van der Waals surface area contributed by atoms with Crippen molar-refractivity contribution >= 4 is 120 Å². The number of hydrogen-bond donors (Lipinski definition) is 0. The standard InChI is InChI=1S/C16H16F2N2.C16H17FN2.2C15H15F2N3.2C15H16FN3.C15H17N3/c1-10-8-12(17)9-13(18)16(10)20-11(2)19(3)14-6-4-5-7-15(14)20;1-11-10-13(17)8-9-14(11)19-12(2)18(3)15-6-4-5-7-16(15)19;1-9-6-11(16)7-12(17)15(9)20-10(2)19(3)14-8-18-5-4-13(14)20;1-9-7-11(16)8-12(17)14(9)20-10(2)19(3)15-13(20)5-4-6-18-15;1-10-8-12(16)4-5-13(10)19-11(2)18(3)15-9-17-7-6-14(15)19;1-10-9-12(16)6-7-13(10)19-11(2)18(3)15-14(19)5-4-8-17-15;1-11-7-4-5-8-13(11)18-12(2)17(3)15-14(18)9-6-10-16-15/h4-9,11H,1-3H3;4-10,12H,1-3H3;2*4-8,10H,1-3H3;2*4-9,11H,1-3H3;4-10,12H,1-3H3/t11-;12-;2*10-;2*11-;12-/m0000000/s1. The van der Waals surface area contributed by atoms with Crippen LogP contribution in [0.4, 0.5) is 159 Å². The third-order valence-electron chi connectivity index (χ3n) is 26.5. The van der Waals surface area contributed by atoms with E-state index in [1.54, 1.807) is 70.0 Å². The summed E-state index contributed by atoms with van der Waals surface area (Å²) in [5, 5.41) is 0. The smallest absolute Gasteiger partial charge is 0.153 e. The van der Waals surface area contributed by atoms with Crippen molar-refractivity contribution in [3.05, 3.63) is 347 Å². The third-order valence-corrected chi connectivity index (χ3v) is 26.5. The second-order valence-electron chi connectivity index (χ2n) is 34.8.